The predicted molar refractivity (Wildman–Crippen MR) is 89.5 cm³/mol. The number of hydrogen-bond donors (Lipinski definition) is 0. The van der Waals surface area contributed by atoms with Crippen molar-refractivity contribution >= 4 is 29.0 Å². The second-order valence-electron chi connectivity index (χ2n) is 5.63. The highest BCUT2D eigenvalue weighted by Gasteiger charge is 2.11. The van der Waals surface area contributed by atoms with Crippen LogP contribution in [0.25, 0.3) is 0 Å². The predicted octanol–water partition coefficient (Wildman–Crippen LogP) is 5.62. The van der Waals surface area contributed by atoms with Crippen molar-refractivity contribution in [3.05, 3.63) is 69.2 Å². The lowest BCUT2D eigenvalue weighted by Crippen LogP contribution is -2.05. The zero-order chi connectivity index (χ0) is 15.4. The van der Waals surface area contributed by atoms with Gasteiger partial charge in [-0.2, -0.15) is 0 Å². The zero-order valence-corrected chi connectivity index (χ0v) is 13.7. The Morgan fingerprint density at radius 3 is 2.52 bits per heavy atom. The summed E-state index contributed by atoms with van der Waals surface area (Å²) < 4.78 is 0. The van der Waals surface area contributed by atoms with E-state index in [0.29, 0.717) is 22.4 Å². The van der Waals surface area contributed by atoms with Crippen LogP contribution in [-0.4, -0.2) is 5.78 Å². The summed E-state index contributed by atoms with van der Waals surface area (Å²) in [4.78, 5) is 12.4. The van der Waals surface area contributed by atoms with Gasteiger partial charge in [0.2, 0.25) is 0 Å². The summed E-state index contributed by atoms with van der Waals surface area (Å²) in [5.74, 6) is 0.644. The van der Waals surface area contributed by atoms with Crippen LogP contribution in [0, 0.1) is 5.92 Å². The molecule has 0 spiro atoms. The first kappa shape index (κ1) is 16.1. The summed E-state index contributed by atoms with van der Waals surface area (Å²) in [6.07, 6.45) is 1.27. The van der Waals surface area contributed by atoms with E-state index in [4.69, 9.17) is 23.2 Å². The molecule has 0 saturated heterocycles. The summed E-state index contributed by atoms with van der Waals surface area (Å²) in [6, 6.07) is 13.1. The Morgan fingerprint density at radius 2 is 1.86 bits per heavy atom. The van der Waals surface area contributed by atoms with Crippen molar-refractivity contribution < 1.29 is 4.79 Å². The van der Waals surface area contributed by atoms with E-state index in [1.54, 1.807) is 18.2 Å². The first-order chi connectivity index (χ1) is 9.95. The van der Waals surface area contributed by atoms with Gasteiger partial charge in [-0.25, -0.2) is 0 Å². The molecule has 0 aliphatic heterocycles. The number of carbonyl (C=O) groups excluding carboxylic acids is 1. The van der Waals surface area contributed by atoms with Crippen molar-refractivity contribution in [2.45, 2.75) is 26.7 Å². The van der Waals surface area contributed by atoms with Gasteiger partial charge in [0.25, 0.3) is 0 Å². The van der Waals surface area contributed by atoms with Crippen molar-refractivity contribution in [1.29, 1.82) is 0 Å². The largest absolute Gasteiger partial charge is 0.294 e. The van der Waals surface area contributed by atoms with Crippen LogP contribution in [0.15, 0.2) is 42.5 Å². The molecule has 0 radical (unpaired) electrons. The SMILES string of the molecule is CC(C)Cc1cccc(C(=O)Cc2ccc(Cl)cc2Cl)c1. The van der Waals surface area contributed by atoms with E-state index in [-0.39, 0.29) is 5.78 Å². The lowest BCUT2D eigenvalue weighted by atomic mass is 9.97. The van der Waals surface area contributed by atoms with E-state index in [1.165, 1.54) is 5.56 Å². The normalized spacial score (nSPS) is 10.9. The van der Waals surface area contributed by atoms with Gasteiger partial charge in [-0.3, -0.25) is 4.79 Å². The second-order valence-corrected chi connectivity index (χ2v) is 6.48. The lowest BCUT2D eigenvalue weighted by molar-refractivity contribution is 0.0993. The Bertz CT molecular complexity index is 647. The second kappa shape index (κ2) is 7.11. The molecule has 110 valence electrons. The third-order valence-electron chi connectivity index (χ3n) is 3.26. The standard InChI is InChI=1S/C18H18Cl2O/c1-12(2)8-13-4-3-5-15(9-13)18(21)10-14-6-7-16(19)11-17(14)20/h3-7,9,11-12H,8,10H2,1-2H3. The van der Waals surface area contributed by atoms with Gasteiger partial charge >= 0.3 is 0 Å². The molecular weight excluding hydrogens is 303 g/mol. The van der Waals surface area contributed by atoms with Crippen LogP contribution in [0.2, 0.25) is 10.0 Å². The van der Waals surface area contributed by atoms with E-state index in [0.717, 1.165) is 17.5 Å². The molecule has 0 bridgehead atoms. The molecule has 2 aromatic carbocycles. The molecule has 0 aliphatic carbocycles. The first-order valence-electron chi connectivity index (χ1n) is 7.02. The molecule has 0 unspecified atom stereocenters. The fourth-order valence-electron chi connectivity index (χ4n) is 2.28. The van der Waals surface area contributed by atoms with Crippen LogP contribution in [-0.2, 0) is 12.8 Å². The maximum atomic E-state index is 12.4. The quantitative estimate of drug-likeness (QED) is 0.653. The van der Waals surface area contributed by atoms with Gasteiger partial charge in [-0.1, -0.05) is 61.3 Å². The summed E-state index contributed by atoms with van der Waals surface area (Å²) in [5.41, 5.74) is 2.73. The van der Waals surface area contributed by atoms with Gasteiger partial charge < -0.3 is 0 Å². The number of rotatable bonds is 5. The molecule has 0 aliphatic rings. The van der Waals surface area contributed by atoms with E-state index in [1.807, 2.05) is 18.2 Å². The molecule has 0 atom stereocenters. The molecule has 0 saturated carbocycles. The van der Waals surface area contributed by atoms with E-state index in [9.17, 15) is 4.79 Å². The van der Waals surface area contributed by atoms with Crippen molar-refractivity contribution in [3.63, 3.8) is 0 Å². The minimum atomic E-state index is 0.0739. The van der Waals surface area contributed by atoms with Gasteiger partial charge in [0.1, 0.15) is 0 Å². The Morgan fingerprint density at radius 1 is 1.10 bits per heavy atom. The highest BCUT2D eigenvalue weighted by atomic mass is 35.5. The fourth-order valence-corrected chi connectivity index (χ4v) is 2.76. The Kier molecular flexibility index (Phi) is 5.44. The molecule has 1 nitrogen and oxygen atoms in total. The topological polar surface area (TPSA) is 17.1 Å². The van der Waals surface area contributed by atoms with Crippen LogP contribution in [0.5, 0.6) is 0 Å². The van der Waals surface area contributed by atoms with E-state index in [2.05, 4.69) is 19.9 Å². The van der Waals surface area contributed by atoms with Crippen LogP contribution in [0.1, 0.15) is 35.3 Å². The number of hydrogen-bond acceptors (Lipinski definition) is 1. The van der Waals surface area contributed by atoms with Gasteiger partial charge in [-0.05, 0) is 41.7 Å². The summed E-state index contributed by atoms with van der Waals surface area (Å²) in [7, 11) is 0. The Balaban J connectivity index is 2.16. The maximum absolute atomic E-state index is 12.4. The Labute approximate surface area is 135 Å². The van der Waals surface area contributed by atoms with Crippen molar-refractivity contribution in [2.75, 3.05) is 0 Å². The third kappa shape index (κ3) is 4.59. The number of halogens is 2. The molecular formula is C18H18Cl2O. The minimum absolute atomic E-state index is 0.0739. The fraction of sp³-hybridized carbons (Fsp3) is 0.278. The van der Waals surface area contributed by atoms with Gasteiger partial charge in [0, 0.05) is 22.0 Å². The minimum Gasteiger partial charge on any atom is -0.294 e. The average molecular weight is 321 g/mol. The highest BCUT2D eigenvalue weighted by Crippen LogP contribution is 2.22. The third-order valence-corrected chi connectivity index (χ3v) is 3.85. The smallest absolute Gasteiger partial charge is 0.167 e. The summed E-state index contributed by atoms with van der Waals surface area (Å²) in [5, 5.41) is 1.12. The number of ketones is 1. The first-order valence-corrected chi connectivity index (χ1v) is 7.77. The molecule has 0 amide bonds. The summed E-state index contributed by atoms with van der Waals surface area (Å²) in [6.45, 7) is 4.34. The molecule has 0 N–H and O–H groups in total. The number of Topliss-reactive ketones (excluding diaryl/α,β-unsaturated/α-hetero) is 1. The van der Waals surface area contributed by atoms with Crippen LogP contribution in [0.4, 0.5) is 0 Å². The van der Waals surface area contributed by atoms with Gasteiger partial charge in [0.05, 0.1) is 0 Å². The van der Waals surface area contributed by atoms with Gasteiger partial charge in [0.15, 0.2) is 5.78 Å². The van der Waals surface area contributed by atoms with Crippen LogP contribution < -0.4 is 0 Å². The average Bonchev–Trinajstić information content (AvgIpc) is 2.41. The molecule has 0 fully saturated rings. The molecule has 0 aromatic heterocycles. The van der Waals surface area contributed by atoms with Crippen LogP contribution in [0.3, 0.4) is 0 Å². The molecule has 0 heterocycles. The molecule has 2 aromatic rings. The molecule has 3 heteroatoms. The lowest BCUT2D eigenvalue weighted by Gasteiger charge is -2.08. The molecule has 2 rings (SSSR count). The van der Waals surface area contributed by atoms with Crippen molar-refractivity contribution in [2.24, 2.45) is 5.92 Å². The van der Waals surface area contributed by atoms with Crippen molar-refractivity contribution in [3.8, 4) is 0 Å². The van der Waals surface area contributed by atoms with E-state index >= 15 is 0 Å². The number of carbonyl (C=O) groups is 1. The van der Waals surface area contributed by atoms with Crippen LogP contribution >= 0.6 is 23.2 Å². The van der Waals surface area contributed by atoms with Crippen molar-refractivity contribution in [1.82, 2.24) is 0 Å². The Hall–Kier alpha value is -1.31. The van der Waals surface area contributed by atoms with E-state index < -0.39 is 0 Å². The molecule has 21 heavy (non-hydrogen) atoms. The highest BCUT2D eigenvalue weighted by molar-refractivity contribution is 6.35. The number of benzene rings is 2. The van der Waals surface area contributed by atoms with Gasteiger partial charge in [-0.15, -0.1) is 0 Å². The monoisotopic (exact) mass is 320 g/mol. The zero-order valence-electron chi connectivity index (χ0n) is 12.2. The maximum Gasteiger partial charge on any atom is 0.167 e. The summed E-state index contributed by atoms with van der Waals surface area (Å²) >= 11 is 12.0.